The van der Waals surface area contributed by atoms with E-state index in [1.165, 1.54) is 10.4 Å². The first-order valence-corrected chi connectivity index (χ1v) is 9.31. The zero-order valence-electron chi connectivity index (χ0n) is 15.0. The molecule has 0 N–H and O–H groups in total. The average Bonchev–Trinajstić information content (AvgIpc) is 3.11. The summed E-state index contributed by atoms with van der Waals surface area (Å²) < 4.78 is 0. The van der Waals surface area contributed by atoms with E-state index in [4.69, 9.17) is 4.84 Å². The summed E-state index contributed by atoms with van der Waals surface area (Å²) in [7, 11) is 0. The van der Waals surface area contributed by atoms with Crippen LogP contribution < -0.4 is 4.84 Å². The van der Waals surface area contributed by atoms with Gasteiger partial charge >= 0.3 is 0 Å². The second-order valence-electron chi connectivity index (χ2n) is 6.74. The molecule has 6 nitrogen and oxygen atoms in total. The van der Waals surface area contributed by atoms with E-state index in [9.17, 15) is 0 Å². The monoisotopic (exact) mass is 351 g/mol. The Bertz CT molecular complexity index is 811. The van der Waals surface area contributed by atoms with Crippen LogP contribution in [0.1, 0.15) is 12.0 Å². The summed E-state index contributed by atoms with van der Waals surface area (Å²) in [6.07, 6.45) is 0.993. The smallest absolute Gasteiger partial charge is 0.130 e. The number of benzene rings is 2. The van der Waals surface area contributed by atoms with Crippen molar-refractivity contribution >= 4 is 11.0 Å². The molecule has 1 aliphatic heterocycles. The van der Waals surface area contributed by atoms with Gasteiger partial charge in [0.1, 0.15) is 17.6 Å². The average molecular weight is 351 g/mol. The first-order valence-electron chi connectivity index (χ1n) is 9.31. The van der Waals surface area contributed by atoms with Gasteiger partial charge in [-0.05, 0) is 29.3 Å². The maximum absolute atomic E-state index is 5.76. The molecule has 0 spiro atoms. The van der Waals surface area contributed by atoms with Crippen molar-refractivity contribution in [3.05, 3.63) is 60.2 Å². The van der Waals surface area contributed by atoms with Crippen LogP contribution in [0.15, 0.2) is 54.6 Å². The molecule has 1 aromatic heterocycles. The van der Waals surface area contributed by atoms with Gasteiger partial charge in [-0.3, -0.25) is 4.90 Å². The van der Waals surface area contributed by atoms with E-state index in [1.807, 2.05) is 24.3 Å². The van der Waals surface area contributed by atoms with Crippen LogP contribution >= 0.6 is 0 Å². The molecule has 1 saturated heterocycles. The van der Waals surface area contributed by atoms with Crippen molar-refractivity contribution in [3.63, 3.8) is 0 Å². The van der Waals surface area contributed by atoms with Crippen molar-refractivity contribution in [3.8, 4) is 0 Å². The van der Waals surface area contributed by atoms with Crippen molar-refractivity contribution < 1.29 is 4.84 Å². The summed E-state index contributed by atoms with van der Waals surface area (Å²) in [5.74, 6) is 0. The molecule has 1 fully saturated rings. The lowest BCUT2D eigenvalue weighted by molar-refractivity contribution is 0.0705. The third-order valence-corrected chi connectivity index (χ3v) is 4.87. The Morgan fingerprint density at radius 2 is 1.58 bits per heavy atom. The lowest BCUT2D eigenvalue weighted by Crippen LogP contribution is -2.46. The van der Waals surface area contributed by atoms with E-state index in [1.54, 1.807) is 0 Å². The summed E-state index contributed by atoms with van der Waals surface area (Å²) in [4.78, 5) is 12.3. The van der Waals surface area contributed by atoms with Crippen LogP contribution in [0, 0.1) is 0 Å². The van der Waals surface area contributed by atoms with E-state index in [2.05, 4.69) is 50.4 Å². The lowest BCUT2D eigenvalue weighted by atomic mass is 10.2. The molecule has 1 aliphatic rings. The summed E-state index contributed by atoms with van der Waals surface area (Å²) in [6, 6.07) is 18.6. The lowest BCUT2D eigenvalue weighted by Gasteiger charge is -2.34. The number of hydrogen-bond donors (Lipinski definition) is 0. The number of hydrogen-bond acceptors (Lipinski definition) is 5. The van der Waals surface area contributed by atoms with Crippen LogP contribution in [0.4, 0.5) is 0 Å². The van der Waals surface area contributed by atoms with Crippen molar-refractivity contribution in [2.24, 2.45) is 0 Å². The molecule has 6 heteroatoms. The van der Waals surface area contributed by atoms with Crippen LogP contribution in [0.2, 0.25) is 0 Å². The van der Waals surface area contributed by atoms with E-state index in [0.717, 1.165) is 56.7 Å². The Kier molecular flexibility index (Phi) is 5.42. The molecule has 2 aromatic carbocycles. The van der Waals surface area contributed by atoms with Crippen LogP contribution in [-0.2, 0) is 6.54 Å². The van der Waals surface area contributed by atoms with Gasteiger partial charge in [-0.25, -0.2) is 0 Å². The van der Waals surface area contributed by atoms with Crippen molar-refractivity contribution in [2.45, 2.75) is 13.0 Å². The second-order valence-corrected chi connectivity index (χ2v) is 6.74. The molecule has 0 aliphatic carbocycles. The summed E-state index contributed by atoms with van der Waals surface area (Å²) in [5.41, 5.74) is 3.18. The Labute approximate surface area is 153 Å². The number of fused-ring (bicyclic) bond motifs is 1. The predicted octanol–water partition coefficient (Wildman–Crippen LogP) is 2.07. The van der Waals surface area contributed by atoms with Crippen molar-refractivity contribution in [1.82, 2.24) is 25.0 Å². The zero-order chi connectivity index (χ0) is 17.6. The van der Waals surface area contributed by atoms with Gasteiger partial charge in [0.05, 0.1) is 0 Å². The van der Waals surface area contributed by atoms with E-state index >= 15 is 0 Å². The standard InChI is InChI=1S/C20H25N5O/c1-2-7-18(8-3-1)17-24-14-12-23(13-15-24)11-6-16-26-25-20-10-5-4-9-19(20)21-22-25/h1-5,7-10H,6,11-17H2. The molecule has 0 atom stereocenters. The number of nitrogens with zero attached hydrogens (tertiary/aromatic N) is 5. The molecular formula is C20H25N5O. The molecule has 0 bridgehead atoms. The van der Waals surface area contributed by atoms with Gasteiger partial charge in [0, 0.05) is 39.3 Å². The summed E-state index contributed by atoms with van der Waals surface area (Å²) >= 11 is 0. The molecule has 4 rings (SSSR count). The van der Waals surface area contributed by atoms with Gasteiger partial charge in [-0.15, -0.1) is 5.10 Å². The van der Waals surface area contributed by atoms with Gasteiger partial charge < -0.3 is 9.74 Å². The molecular weight excluding hydrogens is 326 g/mol. The highest BCUT2D eigenvalue weighted by Gasteiger charge is 2.16. The summed E-state index contributed by atoms with van der Waals surface area (Å²) in [5, 5.41) is 8.16. The van der Waals surface area contributed by atoms with Crippen LogP contribution in [0.3, 0.4) is 0 Å². The Hall–Kier alpha value is -2.44. The molecule has 0 radical (unpaired) electrons. The number of rotatable bonds is 7. The normalized spacial score (nSPS) is 16.2. The highest BCUT2D eigenvalue weighted by atomic mass is 16.7. The minimum Gasteiger partial charge on any atom is -0.395 e. The number of para-hydroxylation sites is 1. The van der Waals surface area contributed by atoms with Gasteiger partial charge in [0.25, 0.3) is 0 Å². The number of aromatic nitrogens is 3. The first kappa shape index (κ1) is 17.0. The maximum Gasteiger partial charge on any atom is 0.130 e. The largest absolute Gasteiger partial charge is 0.395 e. The molecule has 136 valence electrons. The predicted molar refractivity (Wildman–Crippen MR) is 102 cm³/mol. The summed E-state index contributed by atoms with van der Waals surface area (Å²) in [6.45, 7) is 7.27. The Balaban J connectivity index is 1.16. The first-order chi connectivity index (χ1) is 12.9. The van der Waals surface area contributed by atoms with E-state index < -0.39 is 0 Å². The van der Waals surface area contributed by atoms with Crippen molar-refractivity contribution in [1.29, 1.82) is 0 Å². The molecule has 26 heavy (non-hydrogen) atoms. The quantitative estimate of drug-likeness (QED) is 0.610. The number of piperazine rings is 1. The fraction of sp³-hybridized carbons (Fsp3) is 0.400. The molecule has 2 heterocycles. The molecule has 0 unspecified atom stereocenters. The van der Waals surface area contributed by atoms with Crippen molar-refractivity contribution in [2.75, 3.05) is 39.3 Å². The minimum absolute atomic E-state index is 0.650. The second kappa shape index (κ2) is 8.29. The Morgan fingerprint density at radius 1 is 0.846 bits per heavy atom. The van der Waals surface area contributed by atoms with Crippen LogP contribution in [-0.4, -0.2) is 64.3 Å². The highest BCUT2D eigenvalue weighted by Crippen LogP contribution is 2.10. The minimum atomic E-state index is 0.650. The molecule has 0 saturated carbocycles. The SMILES string of the molecule is c1ccc(CN2CCN(CCCOn3nnc4ccccc43)CC2)cc1. The van der Waals surface area contributed by atoms with Gasteiger partial charge in [-0.2, -0.15) is 0 Å². The molecule has 0 amide bonds. The Morgan fingerprint density at radius 3 is 2.42 bits per heavy atom. The highest BCUT2D eigenvalue weighted by molar-refractivity contribution is 5.73. The van der Waals surface area contributed by atoms with Gasteiger partial charge in [0.15, 0.2) is 0 Å². The van der Waals surface area contributed by atoms with Crippen LogP contribution in [0.5, 0.6) is 0 Å². The fourth-order valence-electron chi connectivity index (χ4n) is 3.39. The third-order valence-electron chi connectivity index (χ3n) is 4.87. The zero-order valence-corrected chi connectivity index (χ0v) is 15.0. The third kappa shape index (κ3) is 4.20. The van der Waals surface area contributed by atoms with Gasteiger partial charge in [0.2, 0.25) is 0 Å². The van der Waals surface area contributed by atoms with Gasteiger partial charge in [-0.1, -0.05) is 47.3 Å². The fourth-order valence-corrected chi connectivity index (χ4v) is 3.39. The van der Waals surface area contributed by atoms with E-state index in [0.29, 0.717) is 6.61 Å². The maximum atomic E-state index is 5.76. The van der Waals surface area contributed by atoms with Crippen LogP contribution in [0.25, 0.3) is 11.0 Å². The topological polar surface area (TPSA) is 46.4 Å². The molecule has 3 aromatic rings. The van der Waals surface area contributed by atoms with E-state index in [-0.39, 0.29) is 0 Å².